The molecule has 0 spiro atoms. The Balaban J connectivity index is 2.53. The fraction of sp³-hybridized carbons (Fsp3) is 0.667. The average molecular weight is 385 g/mol. The molecule has 0 amide bonds. The third-order valence-electron chi connectivity index (χ3n) is 5.89. The molecule has 1 fully saturated rings. The predicted octanol–water partition coefficient (Wildman–Crippen LogP) is 8.53. The number of aldehydes is 1. The van der Waals surface area contributed by atoms with Crippen LogP contribution in [-0.2, 0) is 4.79 Å². The maximum atomic E-state index is 10.5. The lowest BCUT2D eigenvalue weighted by atomic mass is 9.77. The Bertz CT molecular complexity index is 569. The van der Waals surface area contributed by atoms with Gasteiger partial charge >= 0.3 is 0 Å². The molecule has 1 rings (SSSR count). The normalized spacial score (nSPS) is 21.5. The van der Waals surface area contributed by atoms with Gasteiger partial charge < -0.3 is 4.79 Å². The monoisotopic (exact) mass is 384 g/mol. The Kier molecular flexibility index (Phi) is 12.9. The van der Waals surface area contributed by atoms with E-state index in [1.807, 2.05) is 0 Å². The Morgan fingerprint density at radius 2 is 1.25 bits per heavy atom. The topological polar surface area (TPSA) is 17.1 Å². The molecule has 2 atom stereocenters. The molecule has 1 heteroatoms. The third kappa shape index (κ3) is 11.5. The summed E-state index contributed by atoms with van der Waals surface area (Å²) < 4.78 is 0. The molecule has 0 aromatic carbocycles. The van der Waals surface area contributed by atoms with Crippen molar-refractivity contribution in [1.29, 1.82) is 0 Å². The molecule has 0 aliphatic heterocycles. The minimum absolute atomic E-state index is 0.694. The molecule has 1 aliphatic carbocycles. The third-order valence-corrected chi connectivity index (χ3v) is 5.89. The van der Waals surface area contributed by atoms with Crippen molar-refractivity contribution in [2.24, 2.45) is 11.8 Å². The van der Waals surface area contributed by atoms with E-state index in [9.17, 15) is 4.79 Å². The molecular weight excluding hydrogens is 340 g/mol. The van der Waals surface area contributed by atoms with Crippen LogP contribution in [0.5, 0.6) is 0 Å². The fourth-order valence-corrected chi connectivity index (χ4v) is 4.20. The van der Waals surface area contributed by atoms with Crippen molar-refractivity contribution < 1.29 is 4.79 Å². The van der Waals surface area contributed by atoms with Crippen molar-refractivity contribution >= 4 is 6.29 Å². The van der Waals surface area contributed by atoms with Crippen molar-refractivity contribution in [2.45, 2.75) is 105 Å². The second kappa shape index (κ2) is 14.6. The Labute approximate surface area is 175 Å². The van der Waals surface area contributed by atoms with E-state index in [0.717, 1.165) is 19.1 Å². The van der Waals surface area contributed by atoms with Crippen molar-refractivity contribution in [3.8, 4) is 0 Å². The first-order valence-electron chi connectivity index (χ1n) is 11.5. The summed E-state index contributed by atoms with van der Waals surface area (Å²) in [4.78, 5) is 10.5. The second-order valence-electron chi connectivity index (χ2n) is 9.11. The van der Waals surface area contributed by atoms with Gasteiger partial charge in [-0.1, -0.05) is 59.4 Å². The van der Waals surface area contributed by atoms with E-state index in [-0.39, 0.29) is 0 Å². The van der Waals surface area contributed by atoms with Crippen LogP contribution in [-0.4, -0.2) is 6.29 Å². The van der Waals surface area contributed by atoms with Crippen LogP contribution in [0.2, 0.25) is 0 Å². The highest BCUT2D eigenvalue weighted by Gasteiger charge is 2.21. The summed E-state index contributed by atoms with van der Waals surface area (Å²) in [5.74, 6) is 1.40. The number of hydrogen-bond donors (Lipinski definition) is 0. The van der Waals surface area contributed by atoms with Gasteiger partial charge in [-0.15, -0.1) is 0 Å². The van der Waals surface area contributed by atoms with E-state index in [1.54, 1.807) is 5.57 Å². The molecule has 0 saturated heterocycles. The van der Waals surface area contributed by atoms with Crippen molar-refractivity contribution in [1.82, 2.24) is 0 Å². The summed E-state index contributed by atoms with van der Waals surface area (Å²) in [7, 11) is 0. The van der Waals surface area contributed by atoms with Crippen molar-refractivity contribution in [3.05, 3.63) is 46.6 Å². The zero-order valence-electron chi connectivity index (χ0n) is 19.2. The highest BCUT2D eigenvalue weighted by atomic mass is 16.1. The van der Waals surface area contributed by atoms with E-state index in [4.69, 9.17) is 0 Å². The summed E-state index contributed by atoms with van der Waals surface area (Å²) in [6.07, 6.45) is 23.8. The molecule has 0 bridgehead atoms. The predicted molar refractivity (Wildman–Crippen MR) is 125 cm³/mol. The number of rotatable bonds is 12. The summed E-state index contributed by atoms with van der Waals surface area (Å²) in [5, 5.41) is 0. The summed E-state index contributed by atoms with van der Waals surface area (Å²) >= 11 is 0. The SMILES string of the molecule is CC(C)=CCC/C(C)=C/CC/C(C)=C/[C@@H]1CCCC[C@H]1/C=C(\C)CCCC=O. The molecular formula is C27H44O. The zero-order valence-corrected chi connectivity index (χ0v) is 19.2. The number of carbonyl (C=O) groups is 1. The minimum Gasteiger partial charge on any atom is -0.303 e. The Morgan fingerprint density at radius 1 is 0.714 bits per heavy atom. The van der Waals surface area contributed by atoms with Gasteiger partial charge in [-0.3, -0.25) is 0 Å². The van der Waals surface area contributed by atoms with E-state index < -0.39 is 0 Å². The summed E-state index contributed by atoms with van der Waals surface area (Å²) in [6, 6.07) is 0. The quantitative estimate of drug-likeness (QED) is 0.187. The molecule has 28 heavy (non-hydrogen) atoms. The average Bonchev–Trinajstić information content (AvgIpc) is 2.63. The Morgan fingerprint density at radius 3 is 1.82 bits per heavy atom. The van der Waals surface area contributed by atoms with Gasteiger partial charge in [0.15, 0.2) is 0 Å². The van der Waals surface area contributed by atoms with Crippen LogP contribution in [0, 0.1) is 11.8 Å². The largest absolute Gasteiger partial charge is 0.303 e. The molecule has 0 N–H and O–H groups in total. The number of allylic oxidation sites excluding steroid dienone is 8. The maximum Gasteiger partial charge on any atom is 0.120 e. The van der Waals surface area contributed by atoms with Crippen LogP contribution in [0.3, 0.4) is 0 Å². The first-order valence-corrected chi connectivity index (χ1v) is 11.5. The molecule has 0 aromatic rings. The van der Waals surface area contributed by atoms with Crippen LogP contribution in [0.1, 0.15) is 105 Å². The first kappa shape index (κ1) is 24.7. The van der Waals surface area contributed by atoms with Gasteiger partial charge in [0.2, 0.25) is 0 Å². The first-order chi connectivity index (χ1) is 13.4. The number of hydrogen-bond acceptors (Lipinski definition) is 1. The fourth-order valence-electron chi connectivity index (χ4n) is 4.20. The molecule has 0 unspecified atom stereocenters. The van der Waals surface area contributed by atoms with Crippen LogP contribution >= 0.6 is 0 Å². The van der Waals surface area contributed by atoms with E-state index >= 15 is 0 Å². The van der Waals surface area contributed by atoms with Gasteiger partial charge in [0.1, 0.15) is 6.29 Å². The van der Waals surface area contributed by atoms with Crippen molar-refractivity contribution in [2.75, 3.05) is 0 Å². The lowest BCUT2D eigenvalue weighted by Gasteiger charge is -2.28. The molecule has 0 radical (unpaired) electrons. The van der Waals surface area contributed by atoms with Gasteiger partial charge in [0.05, 0.1) is 0 Å². The van der Waals surface area contributed by atoms with Crippen LogP contribution < -0.4 is 0 Å². The minimum atomic E-state index is 0.694. The van der Waals surface area contributed by atoms with Gasteiger partial charge in [0.25, 0.3) is 0 Å². The van der Waals surface area contributed by atoms with Gasteiger partial charge in [0, 0.05) is 6.42 Å². The number of unbranched alkanes of at least 4 members (excludes halogenated alkanes) is 1. The second-order valence-corrected chi connectivity index (χ2v) is 9.11. The highest BCUT2D eigenvalue weighted by molar-refractivity contribution is 5.49. The lowest BCUT2D eigenvalue weighted by molar-refractivity contribution is -0.107. The molecule has 1 aliphatic rings. The maximum absolute atomic E-state index is 10.5. The molecule has 158 valence electrons. The van der Waals surface area contributed by atoms with E-state index in [0.29, 0.717) is 18.3 Å². The molecule has 0 heterocycles. The van der Waals surface area contributed by atoms with Gasteiger partial charge in [-0.2, -0.15) is 0 Å². The van der Waals surface area contributed by atoms with Gasteiger partial charge in [-0.05, 0) is 97.8 Å². The number of carbonyl (C=O) groups excluding carboxylic acids is 1. The van der Waals surface area contributed by atoms with Crippen LogP contribution in [0.25, 0.3) is 0 Å². The van der Waals surface area contributed by atoms with E-state index in [1.165, 1.54) is 68.1 Å². The molecule has 1 nitrogen and oxygen atoms in total. The summed E-state index contributed by atoms with van der Waals surface area (Å²) in [5.41, 5.74) is 5.97. The Hall–Kier alpha value is -1.37. The van der Waals surface area contributed by atoms with Crippen LogP contribution in [0.4, 0.5) is 0 Å². The van der Waals surface area contributed by atoms with Crippen molar-refractivity contribution in [3.63, 3.8) is 0 Å². The highest BCUT2D eigenvalue weighted by Crippen LogP contribution is 2.34. The van der Waals surface area contributed by atoms with Gasteiger partial charge in [-0.25, -0.2) is 0 Å². The lowest BCUT2D eigenvalue weighted by Crippen LogP contribution is -2.16. The molecule has 0 aromatic heterocycles. The van der Waals surface area contributed by atoms with E-state index in [2.05, 4.69) is 58.9 Å². The molecule has 1 saturated carbocycles. The zero-order chi connectivity index (χ0) is 20.8. The van der Waals surface area contributed by atoms with Crippen LogP contribution in [0.15, 0.2) is 46.6 Å². The standard InChI is InChI=1S/C27H44O/c1-22(2)12-10-14-23(3)15-11-16-25(5)21-27-18-7-6-17-26(27)20-24(4)13-8-9-19-28/h12,15,19-21,26-27H,6-11,13-14,16-18H2,1-5H3/b23-15+,24-20+,25-21+/t26-,27-/m0/s1. The smallest absolute Gasteiger partial charge is 0.120 e. The summed E-state index contributed by atoms with van der Waals surface area (Å²) in [6.45, 7) is 11.2.